The topological polar surface area (TPSA) is 98.7 Å². The molecule has 9 nitrogen and oxygen atoms in total. The molecule has 3 aromatic rings. The van der Waals surface area contributed by atoms with E-state index < -0.39 is 10.0 Å². The number of rotatable bonds is 6. The minimum atomic E-state index is -3.73. The van der Waals surface area contributed by atoms with E-state index in [-0.39, 0.29) is 27.8 Å². The Kier molecular flexibility index (Phi) is 6.80. The molecule has 0 aliphatic carbocycles. The molecular weight excluding hydrogens is 503 g/mol. The number of nitrogens with zero attached hydrogens (tertiary/aromatic N) is 5. The van der Waals surface area contributed by atoms with Crippen molar-refractivity contribution in [2.75, 3.05) is 47.2 Å². The number of carbonyl (C=O) groups is 1. The predicted octanol–water partition coefficient (Wildman–Crippen LogP) is 2.97. The Morgan fingerprint density at radius 1 is 1.08 bits per heavy atom. The van der Waals surface area contributed by atoms with Crippen LogP contribution in [0.1, 0.15) is 18.9 Å². The van der Waals surface area contributed by atoms with Crippen molar-refractivity contribution in [1.29, 1.82) is 0 Å². The fourth-order valence-corrected chi connectivity index (χ4v) is 6.50. The van der Waals surface area contributed by atoms with Crippen LogP contribution in [-0.4, -0.2) is 68.2 Å². The van der Waals surface area contributed by atoms with E-state index >= 15 is 0 Å². The molecule has 1 saturated heterocycles. The van der Waals surface area contributed by atoms with Gasteiger partial charge in [-0.2, -0.15) is 0 Å². The molecule has 3 heterocycles. The summed E-state index contributed by atoms with van der Waals surface area (Å²) in [5.41, 5.74) is 4.25. The van der Waals surface area contributed by atoms with Gasteiger partial charge in [0.05, 0.1) is 4.90 Å². The number of halogens is 1. The third-order valence-corrected chi connectivity index (χ3v) is 8.80. The highest BCUT2D eigenvalue weighted by Crippen LogP contribution is 2.30. The maximum absolute atomic E-state index is 13.7. The number of anilines is 3. The van der Waals surface area contributed by atoms with Crippen LogP contribution >= 0.6 is 11.3 Å². The molecule has 12 heteroatoms. The van der Waals surface area contributed by atoms with Gasteiger partial charge in [-0.1, -0.05) is 11.3 Å². The number of nitrogens with one attached hydrogen (secondary N) is 1. The first-order valence-electron chi connectivity index (χ1n) is 11.8. The molecule has 1 atom stereocenters. The second kappa shape index (κ2) is 10.0. The Hall–Kier alpha value is -3.25. The van der Waals surface area contributed by atoms with Crippen molar-refractivity contribution in [2.24, 2.45) is 0 Å². The van der Waals surface area contributed by atoms with E-state index in [0.29, 0.717) is 26.2 Å². The number of aryl methyl sites for hydroxylation is 1. The van der Waals surface area contributed by atoms with Crippen molar-refractivity contribution < 1.29 is 17.6 Å². The summed E-state index contributed by atoms with van der Waals surface area (Å²) in [6.07, 6.45) is 1.71. The molecule has 1 amide bonds. The molecule has 0 spiro atoms. The monoisotopic (exact) mass is 530 g/mol. The lowest BCUT2D eigenvalue weighted by Gasteiger charge is -2.41. The fourth-order valence-electron chi connectivity index (χ4n) is 4.81. The second-order valence-corrected chi connectivity index (χ2v) is 11.4. The molecule has 5 rings (SSSR count). The van der Waals surface area contributed by atoms with E-state index in [9.17, 15) is 17.6 Å². The van der Waals surface area contributed by atoms with Crippen molar-refractivity contribution in [3.8, 4) is 0 Å². The molecule has 0 radical (unpaired) electrons. The lowest BCUT2D eigenvalue weighted by molar-refractivity contribution is -0.132. The number of amides is 1. The quantitative estimate of drug-likeness (QED) is 0.523. The standard InChI is InChI=1S/C24H27FN6O3S2/c1-17(31-10-2-3-18-15-19(25)4-9-22(18)31)23(32)30-13-11-29(12-14-30)20-5-7-21(8-6-20)36(33,34)28-24-27-26-16-35-24/h4-9,15-17H,2-3,10-14H2,1H3,(H,27,28)/t17-/m1/s1. The lowest BCUT2D eigenvalue weighted by atomic mass is 9.99. The molecule has 2 aliphatic heterocycles. The van der Waals surface area contributed by atoms with E-state index in [1.165, 1.54) is 11.6 Å². The van der Waals surface area contributed by atoms with Crippen LogP contribution < -0.4 is 14.5 Å². The van der Waals surface area contributed by atoms with Crippen molar-refractivity contribution in [2.45, 2.75) is 30.7 Å². The van der Waals surface area contributed by atoms with Crippen LogP contribution in [-0.2, 0) is 21.2 Å². The number of sulfonamides is 1. The van der Waals surface area contributed by atoms with Crippen LogP contribution in [0, 0.1) is 5.82 Å². The Morgan fingerprint density at radius 2 is 1.83 bits per heavy atom. The highest BCUT2D eigenvalue weighted by Gasteiger charge is 2.31. The van der Waals surface area contributed by atoms with Crippen LogP contribution in [0.15, 0.2) is 52.9 Å². The summed E-state index contributed by atoms with van der Waals surface area (Å²) < 4.78 is 41.2. The number of hydrogen-bond donors (Lipinski definition) is 1. The van der Waals surface area contributed by atoms with Crippen LogP contribution in [0.2, 0.25) is 0 Å². The summed E-state index contributed by atoms with van der Waals surface area (Å²) in [6.45, 7) is 5.14. The van der Waals surface area contributed by atoms with Crippen molar-refractivity contribution in [1.82, 2.24) is 15.1 Å². The molecule has 2 aliphatic rings. The van der Waals surface area contributed by atoms with Gasteiger partial charge in [0, 0.05) is 44.1 Å². The molecule has 1 fully saturated rings. The van der Waals surface area contributed by atoms with Crippen LogP contribution in [0.25, 0.3) is 0 Å². The van der Waals surface area contributed by atoms with Gasteiger partial charge in [-0.05, 0) is 67.8 Å². The van der Waals surface area contributed by atoms with Gasteiger partial charge in [-0.15, -0.1) is 10.2 Å². The van der Waals surface area contributed by atoms with Crippen LogP contribution in [0.4, 0.5) is 20.9 Å². The van der Waals surface area contributed by atoms with E-state index in [0.717, 1.165) is 47.7 Å². The summed E-state index contributed by atoms with van der Waals surface area (Å²) in [5, 5.41) is 7.57. The summed E-state index contributed by atoms with van der Waals surface area (Å²) in [4.78, 5) is 19.6. The Morgan fingerprint density at radius 3 is 2.53 bits per heavy atom. The first-order valence-corrected chi connectivity index (χ1v) is 14.2. The summed E-state index contributed by atoms with van der Waals surface area (Å²) in [6, 6.07) is 11.2. The lowest BCUT2D eigenvalue weighted by Crippen LogP contribution is -2.55. The van der Waals surface area contributed by atoms with Crippen LogP contribution in [0.5, 0.6) is 0 Å². The minimum Gasteiger partial charge on any atom is -0.368 e. The molecule has 0 unspecified atom stereocenters. The van der Waals surface area contributed by atoms with Gasteiger partial charge in [0.1, 0.15) is 17.4 Å². The summed E-state index contributed by atoms with van der Waals surface area (Å²) in [7, 11) is -3.73. The average molecular weight is 531 g/mol. The fraction of sp³-hybridized carbons (Fsp3) is 0.375. The van der Waals surface area contributed by atoms with E-state index in [4.69, 9.17) is 0 Å². The zero-order valence-corrected chi connectivity index (χ0v) is 21.4. The second-order valence-electron chi connectivity index (χ2n) is 8.90. The van der Waals surface area contributed by atoms with Crippen molar-refractivity contribution in [3.05, 3.63) is 59.4 Å². The maximum Gasteiger partial charge on any atom is 0.263 e. The summed E-state index contributed by atoms with van der Waals surface area (Å²) in [5.74, 6) is -0.180. The van der Waals surface area contributed by atoms with Gasteiger partial charge >= 0.3 is 0 Å². The average Bonchev–Trinajstić information content (AvgIpc) is 3.40. The molecule has 2 aromatic carbocycles. The van der Waals surface area contributed by atoms with Gasteiger partial charge in [0.15, 0.2) is 0 Å². The number of hydrogen-bond acceptors (Lipinski definition) is 8. The smallest absolute Gasteiger partial charge is 0.263 e. The molecule has 1 aromatic heterocycles. The maximum atomic E-state index is 13.7. The van der Waals surface area contributed by atoms with Gasteiger partial charge in [0.2, 0.25) is 11.0 Å². The molecule has 190 valence electrons. The van der Waals surface area contributed by atoms with Crippen LogP contribution in [0.3, 0.4) is 0 Å². The van der Waals surface area contributed by atoms with Gasteiger partial charge < -0.3 is 14.7 Å². The normalized spacial score (nSPS) is 17.0. The van der Waals surface area contributed by atoms with Crippen molar-refractivity contribution >= 4 is 43.8 Å². The minimum absolute atomic E-state index is 0.0658. The highest BCUT2D eigenvalue weighted by atomic mass is 32.2. The molecular formula is C24H27FN6O3S2. The number of benzene rings is 2. The molecule has 0 saturated carbocycles. The zero-order valence-electron chi connectivity index (χ0n) is 19.8. The molecule has 36 heavy (non-hydrogen) atoms. The first kappa shape index (κ1) is 24.4. The van der Waals surface area contributed by atoms with Gasteiger partial charge in [-0.3, -0.25) is 9.52 Å². The van der Waals surface area contributed by atoms with E-state index in [2.05, 4.69) is 24.7 Å². The molecule has 1 N–H and O–H groups in total. The first-order chi connectivity index (χ1) is 17.3. The number of piperazine rings is 1. The third-order valence-electron chi connectivity index (χ3n) is 6.71. The largest absolute Gasteiger partial charge is 0.368 e. The van der Waals surface area contributed by atoms with Gasteiger partial charge in [-0.25, -0.2) is 12.8 Å². The van der Waals surface area contributed by atoms with E-state index in [1.807, 2.05) is 11.8 Å². The number of carbonyl (C=O) groups excluding carboxylic acids is 1. The SMILES string of the molecule is C[C@H](C(=O)N1CCN(c2ccc(S(=O)(=O)Nc3nncs3)cc2)CC1)N1CCCc2cc(F)ccc21. The van der Waals surface area contributed by atoms with Crippen molar-refractivity contribution in [3.63, 3.8) is 0 Å². The number of aromatic nitrogens is 2. The summed E-state index contributed by atoms with van der Waals surface area (Å²) >= 11 is 1.11. The highest BCUT2D eigenvalue weighted by molar-refractivity contribution is 7.93. The Balaban J connectivity index is 1.20. The molecule has 0 bridgehead atoms. The zero-order chi connectivity index (χ0) is 25.3. The van der Waals surface area contributed by atoms with Gasteiger partial charge in [0.25, 0.3) is 10.0 Å². The Bertz CT molecular complexity index is 1330. The third kappa shape index (κ3) is 5.00. The van der Waals surface area contributed by atoms with E-state index in [1.54, 1.807) is 36.4 Å². The Labute approximate surface area is 213 Å². The number of fused-ring (bicyclic) bond motifs is 1. The predicted molar refractivity (Wildman–Crippen MR) is 137 cm³/mol.